The Morgan fingerprint density at radius 1 is 1.00 bits per heavy atom. The van der Waals surface area contributed by atoms with Crippen LogP contribution in [0.5, 0.6) is 0 Å². The van der Waals surface area contributed by atoms with Gasteiger partial charge < -0.3 is 15.7 Å². The summed E-state index contributed by atoms with van der Waals surface area (Å²) in [4.78, 5) is 34.9. The van der Waals surface area contributed by atoms with Crippen LogP contribution in [0.15, 0.2) is 42.5 Å². The molecule has 0 aliphatic heterocycles. The molecule has 0 aliphatic rings. The third kappa shape index (κ3) is 6.06. The van der Waals surface area contributed by atoms with Crippen LogP contribution in [0.1, 0.15) is 36.0 Å². The molecule has 0 unspecified atom stereocenters. The first kappa shape index (κ1) is 21.9. The highest BCUT2D eigenvalue weighted by Crippen LogP contribution is 2.32. The Kier molecular flexibility index (Phi) is 6.63. The van der Waals surface area contributed by atoms with Crippen molar-refractivity contribution in [1.82, 2.24) is 0 Å². The van der Waals surface area contributed by atoms with Gasteiger partial charge in [-0.1, -0.05) is 25.1 Å². The lowest BCUT2D eigenvalue weighted by Crippen LogP contribution is -2.29. The van der Waals surface area contributed by atoms with Crippen LogP contribution in [-0.4, -0.2) is 22.9 Å². The number of aliphatic carboxylic acids is 1. The fourth-order valence-corrected chi connectivity index (χ4v) is 2.57. The van der Waals surface area contributed by atoms with Crippen molar-refractivity contribution >= 4 is 29.2 Å². The summed E-state index contributed by atoms with van der Waals surface area (Å²) in [6.07, 6.45) is -4.63. The lowest BCUT2D eigenvalue weighted by molar-refractivity contribution is -0.138. The van der Waals surface area contributed by atoms with Gasteiger partial charge in [0.15, 0.2) is 0 Å². The van der Waals surface area contributed by atoms with Gasteiger partial charge in [0.25, 0.3) is 0 Å². The molecule has 0 bridgehead atoms. The van der Waals surface area contributed by atoms with E-state index in [-0.39, 0.29) is 23.7 Å². The fraction of sp³-hybridized carbons (Fsp3) is 0.250. The molecular formula is C20H19F3N2O4. The number of carbonyl (C=O) groups excluding carboxylic acids is 2. The molecule has 154 valence electrons. The Morgan fingerprint density at radius 3 is 2.14 bits per heavy atom. The van der Waals surface area contributed by atoms with Crippen LogP contribution in [-0.2, 0) is 20.6 Å². The zero-order chi connectivity index (χ0) is 21.8. The summed E-state index contributed by atoms with van der Waals surface area (Å²) in [7, 11) is 0. The molecule has 29 heavy (non-hydrogen) atoms. The van der Waals surface area contributed by atoms with Crippen LogP contribution >= 0.6 is 0 Å². The molecule has 0 heterocycles. The smallest absolute Gasteiger partial charge is 0.416 e. The zero-order valence-electron chi connectivity index (χ0n) is 15.6. The van der Waals surface area contributed by atoms with Gasteiger partial charge in [-0.2, -0.15) is 13.2 Å². The van der Waals surface area contributed by atoms with Crippen molar-refractivity contribution in [3.05, 3.63) is 59.2 Å². The normalized spacial score (nSPS) is 12.2. The molecule has 2 rings (SSSR count). The second kappa shape index (κ2) is 8.76. The number of carboxylic acid groups (broad SMARTS) is 1. The van der Waals surface area contributed by atoms with Gasteiger partial charge in [0.05, 0.1) is 12.0 Å². The number of hydrogen-bond donors (Lipinski definition) is 3. The molecule has 3 N–H and O–H groups in total. The highest BCUT2D eigenvalue weighted by molar-refractivity contribution is 6.43. The molecule has 0 fully saturated rings. The molecule has 0 radical (unpaired) electrons. The molecule has 0 spiro atoms. The van der Waals surface area contributed by atoms with Crippen molar-refractivity contribution in [2.24, 2.45) is 0 Å². The molecule has 2 amide bonds. The predicted molar refractivity (Wildman–Crippen MR) is 101 cm³/mol. The number of hydrogen-bond acceptors (Lipinski definition) is 3. The Morgan fingerprint density at radius 2 is 1.59 bits per heavy atom. The molecule has 0 saturated heterocycles. The summed E-state index contributed by atoms with van der Waals surface area (Å²) in [5.74, 6) is -3.33. The lowest BCUT2D eigenvalue weighted by atomic mass is 9.98. The van der Waals surface area contributed by atoms with Gasteiger partial charge >= 0.3 is 24.0 Å². The second-order valence-electron chi connectivity index (χ2n) is 6.56. The molecular weight excluding hydrogens is 389 g/mol. The molecule has 6 nitrogen and oxygen atoms in total. The summed E-state index contributed by atoms with van der Waals surface area (Å²) in [6, 6.07) is 9.11. The number of rotatable bonds is 5. The summed E-state index contributed by atoms with van der Waals surface area (Å²) in [6.45, 7) is 3.25. The van der Waals surface area contributed by atoms with Gasteiger partial charge in [-0.05, 0) is 48.2 Å². The van der Waals surface area contributed by atoms with Crippen molar-refractivity contribution in [1.29, 1.82) is 0 Å². The first-order valence-corrected chi connectivity index (χ1v) is 8.59. The Labute approximate surface area is 164 Å². The van der Waals surface area contributed by atoms with Gasteiger partial charge in [0.1, 0.15) is 0 Å². The SMILES string of the molecule is Cc1ccc(C(F)(F)F)cc1NC(=O)C(=O)Nc1ccc([C@H](C)CC(=O)O)cc1. The van der Waals surface area contributed by atoms with E-state index < -0.39 is 29.5 Å². The van der Waals surface area contributed by atoms with E-state index in [0.717, 1.165) is 17.7 Å². The molecule has 0 aliphatic carbocycles. The first-order valence-electron chi connectivity index (χ1n) is 8.59. The first-order chi connectivity index (χ1) is 13.5. The molecule has 1 atom stereocenters. The van der Waals surface area contributed by atoms with Crippen molar-refractivity contribution in [2.45, 2.75) is 32.4 Å². The minimum atomic E-state index is -4.57. The van der Waals surface area contributed by atoms with Gasteiger partial charge in [-0.25, -0.2) is 0 Å². The van der Waals surface area contributed by atoms with Gasteiger partial charge in [-0.15, -0.1) is 0 Å². The number of carbonyl (C=O) groups is 3. The number of nitrogens with one attached hydrogen (secondary N) is 2. The summed E-state index contributed by atoms with van der Waals surface area (Å²) >= 11 is 0. The number of anilines is 2. The maximum Gasteiger partial charge on any atom is 0.416 e. The summed E-state index contributed by atoms with van der Waals surface area (Å²) in [5.41, 5.74) is 0.352. The van der Waals surface area contributed by atoms with Gasteiger partial charge in [0.2, 0.25) is 0 Å². The Bertz CT molecular complexity index is 924. The molecule has 0 aromatic heterocycles. The maximum atomic E-state index is 12.8. The number of aryl methyl sites for hydroxylation is 1. The van der Waals surface area contributed by atoms with Crippen molar-refractivity contribution < 1.29 is 32.7 Å². The van der Waals surface area contributed by atoms with Crippen LogP contribution in [0.2, 0.25) is 0 Å². The van der Waals surface area contributed by atoms with Crippen LogP contribution in [0.25, 0.3) is 0 Å². The average Bonchev–Trinajstić information content (AvgIpc) is 2.62. The number of amides is 2. The Hall–Kier alpha value is -3.36. The topological polar surface area (TPSA) is 95.5 Å². The third-order valence-electron chi connectivity index (χ3n) is 4.24. The number of halogens is 3. The predicted octanol–water partition coefficient (Wildman–Crippen LogP) is 4.17. The van der Waals surface area contributed by atoms with E-state index in [9.17, 15) is 27.6 Å². The van der Waals surface area contributed by atoms with E-state index in [0.29, 0.717) is 5.56 Å². The second-order valence-corrected chi connectivity index (χ2v) is 6.56. The van der Waals surface area contributed by atoms with Crippen molar-refractivity contribution in [3.8, 4) is 0 Å². The van der Waals surface area contributed by atoms with Gasteiger partial charge in [-0.3, -0.25) is 14.4 Å². The standard InChI is InChI=1S/C20H19F3N2O4/c1-11-3-6-14(20(21,22)23)10-16(11)25-19(29)18(28)24-15-7-4-13(5-8-15)12(2)9-17(26)27/h3-8,10,12H,9H2,1-2H3,(H,24,28)(H,25,29)(H,26,27)/t12-/m1/s1. The van der Waals surface area contributed by atoms with E-state index in [4.69, 9.17) is 5.11 Å². The monoisotopic (exact) mass is 408 g/mol. The minimum absolute atomic E-state index is 0.0511. The highest BCUT2D eigenvalue weighted by atomic mass is 19.4. The number of benzene rings is 2. The average molecular weight is 408 g/mol. The third-order valence-corrected chi connectivity index (χ3v) is 4.24. The summed E-state index contributed by atoms with van der Waals surface area (Å²) in [5, 5.41) is 13.3. The van der Waals surface area contributed by atoms with Crippen molar-refractivity contribution in [2.75, 3.05) is 10.6 Å². The van der Waals surface area contributed by atoms with E-state index in [1.165, 1.54) is 25.1 Å². The van der Waals surface area contributed by atoms with Crippen LogP contribution in [0.3, 0.4) is 0 Å². The quantitative estimate of drug-likeness (QED) is 0.647. The molecule has 0 saturated carbocycles. The van der Waals surface area contributed by atoms with Crippen molar-refractivity contribution in [3.63, 3.8) is 0 Å². The van der Waals surface area contributed by atoms with E-state index >= 15 is 0 Å². The molecule has 9 heteroatoms. The molecule has 2 aromatic rings. The Balaban J connectivity index is 2.04. The van der Waals surface area contributed by atoms with E-state index in [1.807, 2.05) is 0 Å². The van der Waals surface area contributed by atoms with Gasteiger partial charge in [0, 0.05) is 11.4 Å². The number of alkyl halides is 3. The van der Waals surface area contributed by atoms with Crippen LogP contribution in [0, 0.1) is 6.92 Å². The van der Waals surface area contributed by atoms with E-state index in [1.54, 1.807) is 19.1 Å². The highest BCUT2D eigenvalue weighted by Gasteiger charge is 2.31. The lowest BCUT2D eigenvalue weighted by Gasteiger charge is -2.13. The fourth-order valence-electron chi connectivity index (χ4n) is 2.57. The summed E-state index contributed by atoms with van der Waals surface area (Å²) < 4.78 is 38.5. The minimum Gasteiger partial charge on any atom is -0.481 e. The van der Waals surface area contributed by atoms with E-state index in [2.05, 4.69) is 10.6 Å². The maximum absolute atomic E-state index is 12.8. The number of carboxylic acids is 1. The van der Waals surface area contributed by atoms with Crippen LogP contribution in [0.4, 0.5) is 24.5 Å². The largest absolute Gasteiger partial charge is 0.481 e. The molecule has 2 aromatic carbocycles. The zero-order valence-corrected chi connectivity index (χ0v) is 15.6. The van der Waals surface area contributed by atoms with Crippen LogP contribution < -0.4 is 10.6 Å².